The average molecular weight is 368 g/mol. The van der Waals surface area contributed by atoms with Crippen molar-refractivity contribution in [1.82, 2.24) is 15.4 Å². The number of hydrogen-bond acceptors (Lipinski definition) is 5. The van der Waals surface area contributed by atoms with Crippen molar-refractivity contribution in [1.29, 1.82) is 0 Å². The fraction of sp³-hybridized carbons (Fsp3) is 0.667. The van der Waals surface area contributed by atoms with Crippen molar-refractivity contribution in [3.63, 3.8) is 0 Å². The number of fused-ring (bicyclic) bond motifs is 1. The van der Waals surface area contributed by atoms with Crippen molar-refractivity contribution in [3.05, 3.63) is 18.2 Å². The van der Waals surface area contributed by atoms with Crippen molar-refractivity contribution in [2.75, 3.05) is 5.75 Å². The maximum Gasteiger partial charge on any atom is 0.309 e. The van der Waals surface area contributed by atoms with E-state index >= 15 is 0 Å². The molecule has 0 unspecified atom stereocenters. The highest BCUT2D eigenvalue weighted by Crippen LogP contribution is 2.23. The van der Waals surface area contributed by atoms with Crippen molar-refractivity contribution >= 4 is 21.2 Å². The van der Waals surface area contributed by atoms with Crippen LogP contribution in [0.2, 0.25) is 0 Å². The van der Waals surface area contributed by atoms with Gasteiger partial charge in [-0.2, -0.15) is 23.8 Å². The summed E-state index contributed by atoms with van der Waals surface area (Å²) >= 11 is 0. The third-order valence-electron chi connectivity index (χ3n) is 4.27. The largest absolute Gasteiger partial charge is 0.380 e. The quantitative estimate of drug-likeness (QED) is 0.413. The van der Waals surface area contributed by atoms with Gasteiger partial charge in [0.15, 0.2) is 11.3 Å². The summed E-state index contributed by atoms with van der Waals surface area (Å²) in [6, 6.07) is 5.05. The summed E-state index contributed by atoms with van der Waals surface area (Å²) in [5.74, 6) is 0.274. The highest BCUT2D eigenvalue weighted by atomic mass is 32.2. The van der Waals surface area contributed by atoms with E-state index in [-0.39, 0.29) is 11.5 Å². The molecule has 6 nitrogen and oxygen atoms in total. The first-order valence-electron chi connectivity index (χ1n) is 9.34. The molecular formula is C18H29N3O3S. The van der Waals surface area contributed by atoms with Gasteiger partial charge in [0.25, 0.3) is 0 Å². The van der Waals surface area contributed by atoms with Gasteiger partial charge < -0.3 is 4.18 Å². The lowest BCUT2D eigenvalue weighted by atomic mass is 10.1. The lowest BCUT2D eigenvalue weighted by Gasteiger charge is -2.07. The number of rotatable bonds is 13. The minimum absolute atomic E-state index is 0.0394. The lowest BCUT2D eigenvalue weighted by Crippen LogP contribution is -2.14. The molecule has 0 saturated carbocycles. The Labute approximate surface area is 150 Å². The molecular weight excluding hydrogens is 338 g/mol. The summed E-state index contributed by atoms with van der Waals surface area (Å²) in [5.41, 5.74) is 1.03. The zero-order chi connectivity index (χ0) is 18.0. The normalized spacial score (nSPS) is 11.9. The molecule has 1 aromatic carbocycles. The summed E-state index contributed by atoms with van der Waals surface area (Å²) in [4.78, 5) is 0. The van der Waals surface area contributed by atoms with Gasteiger partial charge in [-0.25, -0.2) is 0 Å². The Kier molecular flexibility index (Phi) is 8.18. The molecule has 0 radical (unpaired) electrons. The van der Waals surface area contributed by atoms with Crippen molar-refractivity contribution < 1.29 is 12.6 Å². The molecule has 1 heterocycles. The molecule has 0 atom stereocenters. The Morgan fingerprint density at radius 3 is 2.24 bits per heavy atom. The van der Waals surface area contributed by atoms with Crippen LogP contribution >= 0.6 is 0 Å². The number of aromatic amines is 1. The number of H-pyrrole nitrogens is 1. The predicted molar refractivity (Wildman–Crippen MR) is 100 cm³/mol. The number of para-hydroxylation sites is 1. The molecule has 1 N–H and O–H groups in total. The van der Waals surface area contributed by atoms with Gasteiger partial charge in [-0.1, -0.05) is 70.8 Å². The number of benzene rings is 1. The van der Waals surface area contributed by atoms with E-state index in [1.165, 1.54) is 44.9 Å². The third kappa shape index (κ3) is 7.02. The SMILES string of the molecule is CCCCCCCCCCCCS(=O)(=O)Oc1cccc2n[nH]nc12. The van der Waals surface area contributed by atoms with E-state index in [1.54, 1.807) is 18.2 Å². The van der Waals surface area contributed by atoms with Crippen LogP contribution in [0.1, 0.15) is 71.1 Å². The second-order valence-electron chi connectivity index (χ2n) is 6.47. The number of aromatic nitrogens is 3. The van der Waals surface area contributed by atoms with Crippen LogP contribution in [-0.4, -0.2) is 29.6 Å². The number of unbranched alkanes of at least 4 members (excludes halogenated alkanes) is 9. The van der Waals surface area contributed by atoms with Crippen LogP contribution in [0, 0.1) is 0 Å². The first-order valence-corrected chi connectivity index (χ1v) is 10.9. The third-order valence-corrected chi connectivity index (χ3v) is 5.50. The van der Waals surface area contributed by atoms with E-state index in [4.69, 9.17) is 4.18 Å². The Morgan fingerprint density at radius 1 is 0.920 bits per heavy atom. The molecule has 0 bridgehead atoms. The molecule has 140 valence electrons. The Bertz CT molecular complexity index is 728. The molecule has 1 aromatic heterocycles. The predicted octanol–water partition coefficient (Wildman–Crippen LogP) is 4.59. The maximum atomic E-state index is 12.1. The number of nitrogens with zero attached hydrogens (tertiary/aromatic N) is 2. The van der Waals surface area contributed by atoms with Gasteiger partial charge in [-0.05, 0) is 18.6 Å². The van der Waals surface area contributed by atoms with E-state index < -0.39 is 10.1 Å². The molecule has 0 amide bonds. The molecule has 7 heteroatoms. The first-order chi connectivity index (χ1) is 12.1. The van der Waals surface area contributed by atoms with E-state index in [9.17, 15) is 8.42 Å². The zero-order valence-corrected chi connectivity index (χ0v) is 15.9. The number of hydrogen-bond donors (Lipinski definition) is 1. The van der Waals surface area contributed by atoms with Crippen LogP contribution in [0.4, 0.5) is 0 Å². The Morgan fingerprint density at radius 2 is 1.56 bits per heavy atom. The highest BCUT2D eigenvalue weighted by molar-refractivity contribution is 7.87. The van der Waals surface area contributed by atoms with Gasteiger partial charge in [0.1, 0.15) is 5.52 Å². The fourth-order valence-corrected chi connectivity index (χ4v) is 3.90. The Balaban J connectivity index is 1.63. The average Bonchev–Trinajstić information content (AvgIpc) is 3.06. The van der Waals surface area contributed by atoms with Crippen LogP contribution in [-0.2, 0) is 10.1 Å². The summed E-state index contributed by atoms with van der Waals surface area (Å²) in [5, 5.41) is 10.3. The van der Waals surface area contributed by atoms with Crippen LogP contribution in [0.15, 0.2) is 18.2 Å². The van der Waals surface area contributed by atoms with E-state index in [0.29, 0.717) is 17.5 Å². The van der Waals surface area contributed by atoms with Crippen LogP contribution in [0.3, 0.4) is 0 Å². The standard InChI is InChI=1S/C18H29N3O3S/c1-2-3-4-5-6-7-8-9-10-11-15-25(22,23)24-17-14-12-13-16-18(17)20-21-19-16/h12-14H,2-11,15H2,1H3,(H,19,20,21). The molecule has 2 rings (SSSR count). The van der Waals surface area contributed by atoms with Gasteiger partial charge in [-0.15, -0.1) is 0 Å². The molecule has 0 aliphatic rings. The monoisotopic (exact) mass is 367 g/mol. The first kappa shape index (κ1) is 19.7. The topological polar surface area (TPSA) is 84.9 Å². The molecule has 2 aromatic rings. The smallest absolute Gasteiger partial charge is 0.309 e. The van der Waals surface area contributed by atoms with Gasteiger partial charge in [0, 0.05) is 0 Å². The van der Waals surface area contributed by atoms with Crippen LogP contribution in [0.25, 0.3) is 11.0 Å². The molecule has 0 aliphatic heterocycles. The zero-order valence-electron chi connectivity index (χ0n) is 15.0. The Hall–Kier alpha value is -1.63. The van der Waals surface area contributed by atoms with Crippen molar-refractivity contribution in [3.8, 4) is 5.75 Å². The van der Waals surface area contributed by atoms with Crippen molar-refractivity contribution in [2.24, 2.45) is 0 Å². The molecule has 0 fully saturated rings. The summed E-state index contributed by atoms with van der Waals surface area (Å²) in [7, 11) is -3.59. The van der Waals surface area contributed by atoms with Crippen LogP contribution < -0.4 is 4.18 Å². The van der Waals surface area contributed by atoms with Crippen LogP contribution in [0.5, 0.6) is 5.75 Å². The second kappa shape index (κ2) is 10.4. The van der Waals surface area contributed by atoms with Gasteiger partial charge >= 0.3 is 10.1 Å². The molecule has 25 heavy (non-hydrogen) atoms. The van der Waals surface area contributed by atoms with Crippen molar-refractivity contribution in [2.45, 2.75) is 71.1 Å². The van der Waals surface area contributed by atoms with E-state index in [0.717, 1.165) is 12.8 Å². The summed E-state index contributed by atoms with van der Waals surface area (Å²) in [6.07, 6.45) is 11.6. The summed E-state index contributed by atoms with van der Waals surface area (Å²) in [6.45, 7) is 2.23. The van der Waals surface area contributed by atoms with Gasteiger partial charge in [0.2, 0.25) is 0 Å². The lowest BCUT2D eigenvalue weighted by molar-refractivity contribution is 0.483. The minimum atomic E-state index is -3.59. The second-order valence-corrected chi connectivity index (χ2v) is 8.16. The van der Waals surface area contributed by atoms with Gasteiger partial charge in [0.05, 0.1) is 5.75 Å². The van der Waals surface area contributed by atoms with Gasteiger partial charge in [-0.3, -0.25) is 0 Å². The molecule has 0 saturated heterocycles. The summed E-state index contributed by atoms with van der Waals surface area (Å²) < 4.78 is 29.4. The maximum absolute atomic E-state index is 12.1. The molecule has 0 spiro atoms. The minimum Gasteiger partial charge on any atom is -0.380 e. The van der Waals surface area contributed by atoms with E-state index in [2.05, 4.69) is 22.3 Å². The molecule has 0 aliphatic carbocycles. The fourth-order valence-electron chi connectivity index (χ4n) is 2.85. The highest BCUT2D eigenvalue weighted by Gasteiger charge is 2.15. The van der Waals surface area contributed by atoms with E-state index in [1.807, 2.05) is 0 Å². The number of nitrogens with one attached hydrogen (secondary N) is 1.